The molecule has 0 spiro atoms. The third-order valence-corrected chi connectivity index (χ3v) is 6.23. The van der Waals surface area contributed by atoms with E-state index >= 15 is 0 Å². The molecule has 1 saturated heterocycles. The molecule has 110 valence electrons. The van der Waals surface area contributed by atoms with Crippen LogP contribution in [0.5, 0.6) is 0 Å². The van der Waals surface area contributed by atoms with E-state index in [0.29, 0.717) is 0 Å². The van der Waals surface area contributed by atoms with Gasteiger partial charge in [0.1, 0.15) is 0 Å². The molecule has 6 nitrogen and oxygen atoms in total. The van der Waals surface area contributed by atoms with Crippen LogP contribution in [0.4, 0.5) is 0 Å². The second-order valence-electron chi connectivity index (χ2n) is 5.65. The Morgan fingerprint density at radius 3 is 2.65 bits per heavy atom. The van der Waals surface area contributed by atoms with E-state index in [1.54, 1.807) is 24.6 Å². The van der Waals surface area contributed by atoms with Gasteiger partial charge in [0.15, 0.2) is 0 Å². The standard InChI is InChI=1S/C13H20N4O2S/c1-15(2)20(18,19)17-11-4-5-12(17)9-10(8-11)13-6-7-14-16(13)3/h6-8,11-12H,4-5,9H2,1-3H3. The quantitative estimate of drug-likeness (QED) is 0.831. The lowest BCUT2D eigenvalue weighted by Gasteiger charge is -2.34. The van der Waals surface area contributed by atoms with Crippen LogP contribution < -0.4 is 0 Å². The molecule has 0 radical (unpaired) electrons. The van der Waals surface area contributed by atoms with Crippen molar-refractivity contribution in [3.05, 3.63) is 24.0 Å². The molecule has 3 heterocycles. The first kappa shape index (κ1) is 13.8. The highest BCUT2D eigenvalue weighted by Gasteiger charge is 2.44. The summed E-state index contributed by atoms with van der Waals surface area (Å²) in [6.07, 6.45) is 6.47. The summed E-state index contributed by atoms with van der Waals surface area (Å²) in [5.41, 5.74) is 2.30. The molecule has 2 aliphatic heterocycles. The highest BCUT2D eigenvalue weighted by molar-refractivity contribution is 7.86. The fourth-order valence-corrected chi connectivity index (χ4v) is 4.66. The minimum absolute atomic E-state index is 0.0222. The molecule has 2 aliphatic rings. The Labute approximate surface area is 119 Å². The van der Waals surface area contributed by atoms with Crippen LogP contribution in [0.1, 0.15) is 25.0 Å². The minimum atomic E-state index is -3.34. The van der Waals surface area contributed by atoms with Crippen LogP contribution in [0.3, 0.4) is 0 Å². The molecular formula is C13H20N4O2S. The summed E-state index contributed by atoms with van der Waals surface area (Å²) in [6.45, 7) is 0. The molecule has 3 rings (SSSR count). The smallest absolute Gasteiger partial charge is 0.268 e. The van der Waals surface area contributed by atoms with Gasteiger partial charge in [-0.1, -0.05) is 6.08 Å². The fraction of sp³-hybridized carbons (Fsp3) is 0.615. The predicted octanol–water partition coefficient (Wildman–Crippen LogP) is 0.847. The monoisotopic (exact) mass is 296 g/mol. The summed E-state index contributed by atoms with van der Waals surface area (Å²) in [5, 5.41) is 4.19. The number of aryl methyl sites for hydroxylation is 1. The molecule has 0 amide bonds. The maximum absolute atomic E-state index is 12.4. The van der Waals surface area contributed by atoms with E-state index in [1.165, 1.54) is 9.88 Å². The number of hydrogen-bond donors (Lipinski definition) is 0. The second-order valence-corrected chi connectivity index (χ2v) is 7.70. The molecule has 2 bridgehead atoms. The zero-order valence-electron chi connectivity index (χ0n) is 12.0. The molecule has 0 aromatic carbocycles. The Balaban J connectivity index is 1.96. The van der Waals surface area contributed by atoms with Gasteiger partial charge in [0, 0.05) is 39.4 Å². The van der Waals surface area contributed by atoms with Gasteiger partial charge in [-0.15, -0.1) is 0 Å². The molecule has 1 aromatic rings. The first-order valence-electron chi connectivity index (χ1n) is 6.81. The fourth-order valence-electron chi connectivity index (χ4n) is 3.22. The Bertz CT molecular complexity index is 647. The van der Waals surface area contributed by atoms with Gasteiger partial charge in [-0.25, -0.2) is 0 Å². The molecule has 1 fully saturated rings. The van der Waals surface area contributed by atoms with Crippen LogP contribution in [-0.2, 0) is 17.3 Å². The van der Waals surface area contributed by atoms with Gasteiger partial charge in [-0.2, -0.15) is 22.1 Å². The number of aromatic nitrogens is 2. The van der Waals surface area contributed by atoms with Gasteiger partial charge >= 0.3 is 0 Å². The highest BCUT2D eigenvalue weighted by Crippen LogP contribution is 2.40. The van der Waals surface area contributed by atoms with Gasteiger partial charge in [0.2, 0.25) is 0 Å². The van der Waals surface area contributed by atoms with Crippen molar-refractivity contribution in [2.45, 2.75) is 31.3 Å². The summed E-state index contributed by atoms with van der Waals surface area (Å²) < 4.78 is 29.7. The molecule has 2 atom stereocenters. The van der Waals surface area contributed by atoms with Crippen molar-refractivity contribution in [1.82, 2.24) is 18.4 Å². The van der Waals surface area contributed by atoms with Crippen molar-refractivity contribution in [3.63, 3.8) is 0 Å². The number of fused-ring (bicyclic) bond motifs is 2. The third kappa shape index (κ3) is 2.01. The summed E-state index contributed by atoms with van der Waals surface area (Å²) in [5.74, 6) is 0. The second kappa shape index (κ2) is 4.68. The zero-order valence-corrected chi connectivity index (χ0v) is 12.8. The maximum Gasteiger partial charge on any atom is 0.282 e. The summed E-state index contributed by atoms with van der Waals surface area (Å²) in [7, 11) is 1.76. The molecule has 2 unspecified atom stereocenters. The highest BCUT2D eigenvalue weighted by atomic mass is 32.2. The maximum atomic E-state index is 12.4. The largest absolute Gasteiger partial charge is 0.282 e. The van der Waals surface area contributed by atoms with E-state index in [0.717, 1.165) is 25.0 Å². The topological polar surface area (TPSA) is 58.4 Å². The first-order valence-corrected chi connectivity index (χ1v) is 8.21. The average molecular weight is 296 g/mol. The lowest BCUT2D eigenvalue weighted by molar-refractivity contribution is 0.320. The number of rotatable bonds is 3. The SMILES string of the molecule is CN(C)S(=O)(=O)N1C2C=C(c3ccnn3C)CC1CC2. The number of nitrogens with zero attached hydrogens (tertiary/aromatic N) is 4. The first-order chi connectivity index (χ1) is 9.41. The minimum Gasteiger partial charge on any atom is -0.268 e. The molecule has 0 saturated carbocycles. The Morgan fingerprint density at radius 1 is 1.35 bits per heavy atom. The molecule has 20 heavy (non-hydrogen) atoms. The molecule has 7 heteroatoms. The number of hydrogen-bond acceptors (Lipinski definition) is 3. The van der Waals surface area contributed by atoms with Crippen molar-refractivity contribution < 1.29 is 8.42 Å². The van der Waals surface area contributed by atoms with Crippen LogP contribution in [0.2, 0.25) is 0 Å². The van der Waals surface area contributed by atoms with Crippen LogP contribution in [0, 0.1) is 0 Å². The average Bonchev–Trinajstić information content (AvgIpc) is 2.91. The molecule has 0 aliphatic carbocycles. The summed E-state index contributed by atoms with van der Waals surface area (Å²) in [6, 6.07) is 2.04. The van der Waals surface area contributed by atoms with E-state index in [1.807, 2.05) is 17.8 Å². The molecule has 0 N–H and O–H groups in total. The van der Waals surface area contributed by atoms with Crippen molar-refractivity contribution in [3.8, 4) is 0 Å². The van der Waals surface area contributed by atoms with Gasteiger partial charge in [0.25, 0.3) is 10.2 Å². The summed E-state index contributed by atoms with van der Waals surface area (Å²) in [4.78, 5) is 0. The van der Waals surface area contributed by atoms with Crippen molar-refractivity contribution in [2.24, 2.45) is 7.05 Å². The van der Waals surface area contributed by atoms with Gasteiger partial charge < -0.3 is 0 Å². The van der Waals surface area contributed by atoms with Crippen molar-refractivity contribution >= 4 is 15.8 Å². The molecule has 1 aromatic heterocycles. The van der Waals surface area contributed by atoms with Crippen molar-refractivity contribution in [2.75, 3.05) is 14.1 Å². The summed E-state index contributed by atoms with van der Waals surface area (Å²) >= 11 is 0. The lowest BCUT2D eigenvalue weighted by atomic mass is 10.0. The van der Waals surface area contributed by atoms with Gasteiger partial charge in [-0.3, -0.25) is 4.68 Å². The van der Waals surface area contributed by atoms with E-state index < -0.39 is 10.2 Å². The predicted molar refractivity (Wildman–Crippen MR) is 77.1 cm³/mol. The third-order valence-electron chi connectivity index (χ3n) is 4.21. The van der Waals surface area contributed by atoms with Gasteiger partial charge in [-0.05, 0) is 30.9 Å². The lowest BCUT2D eigenvalue weighted by Crippen LogP contribution is -2.48. The van der Waals surface area contributed by atoms with E-state index in [9.17, 15) is 8.42 Å². The van der Waals surface area contributed by atoms with Gasteiger partial charge in [0.05, 0.1) is 5.69 Å². The Morgan fingerprint density at radius 2 is 2.10 bits per heavy atom. The van der Waals surface area contributed by atoms with Crippen LogP contribution in [0.15, 0.2) is 18.3 Å². The van der Waals surface area contributed by atoms with Crippen LogP contribution >= 0.6 is 0 Å². The van der Waals surface area contributed by atoms with E-state index in [-0.39, 0.29) is 12.1 Å². The molecular weight excluding hydrogens is 276 g/mol. The van der Waals surface area contributed by atoms with E-state index in [4.69, 9.17) is 0 Å². The Hall–Kier alpha value is -1.18. The Kier molecular flexibility index (Phi) is 3.23. The normalized spacial score (nSPS) is 27.1. The van der Waals surface area contributed by atoms with Crippen LogP contribution in [-0.4, -0.2) is 53.0 Å². The van der Waals surface area contributed by atoms with Crippen LogP contribution in [0.25, 0.3) is 5.57 Å². The van der Waals surface area contributed by atoms with Crippen molar-refractivity contribution in [1.29, 1.82) is 0 Å². The zero-order chi connectivity index (χ0) is 14.5. The van der Waals surface area contributed by atoms with E-state index in [2.05, 4.69) is 11.2 Å².